The Bertz CT molecular complexity index is 706. The summed E-state index contributed by atoms with van der Waals surface area (Å²) in [7, 11) is 0. The van der Waals surface area contributed by atoms with E-state index in [9.17, 15) is 19.3 Å². The highest BCUT2D eigenvalue weighted by atomic mass is 19.1. The molecule has 0 bridgehead atoms. The molecule has 0 saturated carbocycles. The number of carbonyl (C=O) groups excluding carboxylic acids is 1. The molecule has 2 rings (SSSR count). The number of rotatable bonds is 6. The summed E-state index contributed by atoms with van der Waals surface area (Å²) in [5.74, 6) is -1.42. The lowest BCUT2D eigenvalue weighted by atomic mass is 10.1. The molecular formula is C16H15FN2O4. The molecule has 0 heterocycles. The molecule has 0 spiro atoms. The Morgan fingerprint density at radius 1 is 1.30 bits per heavy atom. The first kappa shape index (κ1) is 16.4. The minimum atomic E-state index is -0.695. The van der Waals surface area contributed by atoms with Crippen LogP contribution in [-0.4, -0.2) is 17.4 Å². The van der Waals surface area contributed by atoms with E-state index in [4.69, 9.17) is 4.74 Å². The van der Waals surface area contributed by atoms with E-state index in [0.29, 0.717) is 0 Å². The van der Waals surface area contributed by atoms with Crippen LogP contribution in [-0.2, 0) is 4.79 Å². The third kappa shape index (κ3) is 4.50. The molecule has 1 atom stereocenters. The second kappa shape index (κ2) is 7.35. The predicted molar refractivity (Wildman–Crippen MR) is 81.5 cm³/mol. The van der Waals surface area contributed by atoms with Crippen LogP contribution in [0, 0.1) is 15.9 Å². The summed E-state index contributed by atoms with van der Waals surface area (Å²) in [6, 6.07) is 11.9. The predicted octanol–water partition coefficient (Wildman–Crippen LogP) is 2.99. The van der Waals surface area contributed by atoms with Crippen molar-refractivity contribution in [3.8, 4) is 5.75 Å². The van der Waals surface area contributed by atoms with Crippen LogP contribution >= 0.6 is 0 Å². The maximum absolute atomic E-state index is 13.2. The first-order chi connectivity index (χ1) is 11.0. The minimum Gasteiger partial charge on any atom is -0.477 e. The highest BCUT2D eigenvalue weighted by Crippen LogP contribution is 2.27. The van der Waals surface area contributed by atoms with E-state index in [0.717, 1.165) is 23.8 Å². The molecule has 1 amide bonds. The number of amides is 1. The standard InChI is InChI=1S/C16H15FN2O4/c1-11(12-5-3-2-4-6-12)18-16(20)10-23-15-9-13(17)7-8-14(15)19(21)22/h2-9,11H,10H2,1H3,(H,18,20)/t11-/m1/s1. The van der Waals surface area contributed by atoms with Gasteiger partial charge in [-0.25, -0.2) is 4.39 Å². The molecule has 120 valence electrons. The van der Waals surface area contributed by atoms with E-state index >= 15 is 0 Å². The molecule has 0 unspecified atom stereocenters. The topological polar surface area (TPSA) is 81.5 Å². The maximum Gasteiger partial charge on any atom is 0.311 e. The Morgan fingerprint density at radius 2 is 2.00 bits per heavy atom. The number of carbonyl (C=O) groups is 1. The van der Waals surface area contributed by atoms with Crippen LogP contribution in [0.15, 0.2) is 48.5 Å². The van der Waals surface area contributed by atoms with Crippen LogP contribution < -0.4 is 10.1 Å². The fourth-order valence-corrected chi connectivity index (χ4v) is 2.01. The molecule has 0 aromatic heterocycles. The second-order valence-electron chi connectivity index (χ2n) is 4.86. The van der Waals surface area contributed by atoms with Gasteiger partial charge in [0.25, 0.3) is 5.91 Å². The van der Waals surface area contributed by atoms with Gasteiger partial charge in [-0.05, 0) is 18.6 Å². The molecule has 2 aromatic rings. The van der Waals surface area contributed by atoms with Crippen molar-refractivity contribution in [3.63, 3.8) is 0 Å². The number of nitrogens with zero attached hydrogens (tertiary/aromatic N) is 1. The number of halogens is 1. The normalized spacial score (nSPS) is 11.6. The summed E-state index contributed by atoms with van der Waals surface area (Å²) >= 11 is 0. The van der Waals surface area contributed by atoms with Crippen LogP contribution in [0.25, 0.3) is 0 Å². The third-order valence-electron chi connectivity index (χ3n) is 3.15. The Morgan fingerprint density at radius 3 is 2.65 bits per heavy atom. The van der Waals surface area contributed by atoms with Crippen molar-refractivity contribution in [3.05, 3.63) is 70.0 Å². The van der Waals surface area contributed by atoms with E-state index < -0.39 is 28.9 Å². The van der Waals surface area contributed by atoms with Crippen LogP contribution in [0.2, 0.25) is 0 Å². The molecule has 6 nitrogen and oxygen atoms in total. The first-order valence-electron chi connectivity index (χ1n) is 6.88. The van der Waals surface area contributed by atoms with Crippen molar-refractivity contribution >= 4 is 11.6 Å². The Kier molecular flexibility index (Phi) is 5.24. The lowest BCUT2D eigenvalue weighted by molar-refractivity contribution is -0.385. The second-order valence-corrected chi connectivity index (χ2v) is 4.86. The molecule has 23 heavy (non-hydrogen) atoms. The zero-order chi connectivity index (χ0) is 16.8. The SMILES string of the molecule is C[C@@H](NC(=O)COc1cc(F)ccc1[N+](=O)[O-])c1ccccc1. The van der Waals surface area contributed by atoms with Crippen molar-refractivity contribution < 1.29 is 18.8 Å². The maximum atomic E-state index is 13.2. The van der Waals surface area contributed by atoms with E-state index in [1.807, 2.05) is 30.3 Å². The summed E-state index contributed by atoms with van der Waals surface area (Å²) in [6.07, 6.45) is 0. The van der Waals surface area contributed by atoms with Gasteiger partial charge in [-0.3, -0.25) is 14.9 Å². The summed E-state index contributed by atoms with van der Waals surface area (Å²) in [5, 5.41) is 13.5. The Hall–Kier alpha value is -2.96. The molecule has 2 aromatic carbocycles. The highest BCUT2D eigenvalue weighted by Gasteiger charge is 2.17. The van der Waals surface area contributed by atoms with Crippen molar-refractivity contribution in [2.24, 2.45) is 0 Å². The van der Waals surface area contributed by atoms with Gasteiger partial charge in [0.1, 0.15) is 5.82 Å². The lowest BCUT2D eigenvalue weighted by Gasteiger charge is -2.14. The largest absolute Gasteiger partial charge is 0.477 e. The first-order valence-corrected chi connectivity index (χ1v) is 6.88. The lowest BCUT2D eigenvalue weighted by Crippen LogP contribution is -2.31. The number of ether oxygens (including phenoxy) is 1. The molecule has 0 aliphatic heterocycles. The average molecular weight is 318 g/mol. The smallest absolute Gasteiger partial charge is 0.311 e. The summed E-state index contributed by atoms with van der Waals surface area (Å²) in [4.78, 5) is 22.0. The molecule has 1 N–H and O–H groups in total. The van der Waals surface area contributed by atoms with E-state index in [2.05, 4.69) is 5.32 Å². The van der Waals surface area contributed by atoms with Gasteiger partial charge in [-0.1, -0.05) is 30.3 Å². The zero-order valence-corrected chi connectivity index (χ0v) is 12.4. The van der Waals surface area contributed by atoms with Gasteiger partial charge in [-0.15, -0.1) is 0 Å². The Balaban J connectivity index is 1.97. The third-order valence-corrected chi connectivity index (χ3v) is 3.15. The van der Waals surface area contributed by atoms with E-state index in [1.54, 1.807) is 6.92 Å². The van der Waals surface area contributed by atoms with Gasteiger partial charge in [0.2, 0.25) is 5.75 Å². The number of nitrogens with one attached hydrogen (secondary N) is 1. The molecular weight excluding hydrogens is 303 g/mol. The van der Waals surface area contributed by atoms with Crippen molar-refractivity contribution in [2.75, 3.05) is 6.61 Å². The quantitative estimate of drug-likeness (QED) is 0.656. The zero-order valence-electron chi connectivity index (χ0n) is 12.4. The molecule has 0 aliphatic carbocycles. The van der Waals surface area contributed by atoms with Gasteiger partial charge in [-0.2, -0.15) is 0 Å². The van der Waals surface area contributed by atoms with Gasteiger partial charge in [0.15, 0.2) is 6.61 Å². The number of hydrogen-bond acceptors (Lipinski definition) is 4. The molecule has 0 saturated heterocycles. The minimum absolute atomic E-state index is 0.241. The van der Waals surface area contributed by atoms with Crippen LogP contribution in [0.4, 0.5) is 10.1 Å². The molecule has 0 fully saturated rings. The van der Waals surface area contributed by atoms with Gasteiger partial charge < -0.3 is 10.1 Å². The Labute approximate surface area is 132 Å². The monoisotopic (exact) mass is 318 g/mol. The number of benzene rings is 2. The van der Waals surface area contributed by atoms with Crippen molar-refractivity contribution in [2.45, 2.75) is 13.0 Å². The summed E-state index contributed by atoms with van der Waals surface area (Å²) < 4.78 is 18.2. The molecule has 0 radical (unpaired) electrons. The highest BCUT2D eigenvalue weighted by molar-refractivity contribution is 5.78. The molecule has 0 aliphatic rings. The van der Waals surface area contributed by atoms with Crippen LogP contribution in [0.3, 0.4) is 0 Å². The number of hydrogen-bond donors (Lipinski definition) is 1. The summed E-state index contributed by atoms with van der Waals surface area (Å²) in [5.41, 5.74) is 0.521. The average Bonchev–Trinajstić information content (AvgIpc) is 2.53. The van der Waals surface area contributed by atoms with Gasteiger partial charge in [0, 0.05) is 12.1 Å². The molecule has 7 heteroatoms. The fourth-order valence-electron chi connectivity index (χ4n) is 2.01. The van der Waals surface area contributed by atoms with Crippen molar-refractivity contribution in [1.82, 2.24) is 5.32 Å². The van der Waals surface area contributed by atoms with E-state index in [-0.39, 0.29) is 11.8 Å². The van der Waals surface area contributed by atoms with Gasteiger partial charge in [0.05, 0.1) is 11.0 Å². The van der Waals surface area contributed by atoms with Crippen LogP contribution in [0.5, 0.6) is 5.75 Å². The summed E-state index contributed by atoms with van der Waals surface area (Å²) in [6.45, 7) is 1.36. The van der Waals surface area contributed by atoms with Gasteiger partial charge >= 0.3 is 5.69 Å². The van der Waals surface area contributed by atoms with Crippen LogP contribution in [0.1, 0.15) is 18.5 Å². The number of nitro benzene ring substituents is 1. The van der Waals surface area contributed by atoms with Crippen molar-refractivity contribution in [1.29, 1.82) is 0 Å². The van der Waals surface area contributed by atoms with E-state index in [1.165, 1.54) is 0 Å². The number of nitro groups is 1. The fraction of sp³-hybridized carbons (Fsp3) is 0.188.